The van der Waals surface area contributed by atoms with Gasteiger partial charge in [-0.1, -0.05) is 30.3 Å². The molecule has 7 nitrogen and oxygen atoms in total. The van der Waals surface area contributed by atoms with Crippen molar-refractivity contribution in [1.82, 2.24) is 4.90 Å². The number of esters is 1. The fourth-order valence-corrected chi connectivity index (χ4v) is 2.98. The Morgan fingerprint density at radius 3 is 2.48 bits per heavy atom. The van der Waals surface area contributed by atoms with Crippen LogP contribution in [0.3, 0.4) is 0 Å². The standard InChI is InChI=1S/C22H25NO6/c1-16(17-6-4-3-5-7-17)29-22(25)18-8-9-19(20(14-18)26-2)28-15-21(24)23-10-12-27-13-11-23/h3-9,14,16H,10-13,15H2,1-2H3/t16-/m0/s1. The quantitative estimate of drug-likeness (QED) is 0.667. The summed E-state index contributed by atoms with van der Waals surface area (Å²) in [5.41, 5.74) is 1.26. The fraction of sp³-hybridized carbons (Fsp3) is 0.364. The molecule has 1 saturated heterocycles. The molecule has 1 aliphatic rings. The lowest BCUT2D eigenvalue weighted by Crippen LogP contribution is -2.43. The molecular formula is C22H25NO6. The highest BCUT2D eigenvalue weighted by atomic mass is 16.5. The van der Waals surface area contributed by atoms with Crippen LogP contribution in [0.2, 0.25) is 0 Å². The molecule has 7 heteroatoms. The van der Waals surface area contributed by atoms with Gasteiger partial charge in [-0.2, -0.15) is 0 Å². The molecule has 1 amide bonds. The van der Waals surface area contributed by atoms with Crippen molar-refractivity contribution >= 4 is 11.9 Å². The second-order valence-corrected chi connectivity index (χ2v) is 6.61. The van der Waals surface area contributed by atoms with Crippen LogP contribution in [0.1, 0.15) is 28.9 Å². The normalized spacial score (nSPS) is 14.8. The zero-order chi connectivity index (χ0) is 20.6. The summed E-state index contributed by atoms with van der Waals surface area (Å²) in [5.74, 6) is 0.175. The van der Waals surface area contributed by atoms with Crippen LogP contribution in [0.25, 0.3) is 0 Å². The van der Waals surface area contributed by atoms with Crippen LogP contribution in [0.5, 0.6) is 11.5 Å². The van der Waals surface area contributed by atoms with Crippen molar-refractivity contribution in [3.63, 3.8) is 0 Å². The molecule has 0 spiro atoms. The highest BCUT2D eigenvalue weighted by Crippen LogP contribution is 2.29. The number of morpholine rings is 1. The fourth-order valence-electron chi connectivity index (χ4n) is 2.98. The molecule has 1 aliphatic heterocycles. The Balaban J connectivity index is 1.61. The summed E-state index contributed by atoms with van der Waals surface area (Å²) in [7, 11) is 1.48. The molecule has 0 saturated carbocycles. The van der Waals surface area contributed by atoms with Gasteiger partial charge in [-0.15, -0.1) is 0 Å². The average Bonchev–Trinajstić information content (AvgIpc) is 2.78. The van der Waals surface area contributed by atoms with Crippen molar-refractivity contribution in [2.24, 2.45) is 0 Å². The minimum Gasteiger partial charge on any atom is -0.493 e. The number of ether oxygens (including phenoxy) is 4. The molecule has 2 aromatic rings. The summed E-state index contributed by atoms with van der Waals surface area (Å²) < 4.78 is 21.7. The molecule has 0 radical (unpaired) electrons. The molecule has 0 unspecified atom stereocenters. The second-order valence-electron chi connectivity index (χ2n) is 6.61. The van der Waals surface area contributed by atoms with E-state index in [0.29, 0.717) is 43.4 Å². The molecule has 1 heterocycles. The lowest BCUT2D eigenvalue weighted by Gasteiger charge is -2.26. The maximum absolute atomic E-state index is 12.5. The van der Waals surface area contributed by atoms with Crippen molar-refractivity contribution in [2.45, 2.75) is 13.0 Å². The maximum atomic E-state index is 12.5. The van der Waals surface area contributed by atoms with Crippen molar-refractivity contribution in [3.8, 4) is 11.5 Å². The first-order valence-electron chi connectivity index (χ1n) is 9.50. The van der Waals surface area contributed by atoms with Gasteiger partial charge >= 0.3 is 5.97 Å². The molecule has 0 bridgehead atoms. The van der Waals surface area contributed by atoms with Gasteiger partial charge in [0.05, 0.1) is 25.9 Å². The Bertz CT molecular complexity index is 832. The van der Waals surface area contributed by atoms with Gasteiger partial charge in [0.25, 0.3) is 5.91 Å². The average molecular weight is 399 g/mol. The molecule has 0 aliphatic carbocycles. The molecule has 29 heavy (non-hydrogen) atoms. The van der Waals surface area contributed by atoms with Crippen molar-refractivity contribution in [2.75, 3.05) is 40.0 Å². The van der Waals surface area contributed by atoms with E-state index in [4.69, 9.17) is 18.9 Å². The van der Waals surface area contributed by atoms with Crippen molar-refractivity contribution in [1.29, 1.82) is 0 Å². The first-order chi connectivity index (χ1) is 14.1. The smallest absolute Gasteiger partial charge is 0.338 e. The molecule has 0 N–H and O–H groups in total. The zero-order valence-electron chi connectivity index (χ0n) is 16.6. The number of hydrogen-bond acceptors (Lipinski definition) is 6. The summed E-state index contributed by atoms with van der Waals surface area (Å²) in [4.78, 5) is 26.4. The molecular weight excluding hydrogens is 374 g/mol. The number of carbonyl (C=O) groups excluding carboxylic acids is 2. The zero-order valence-corrected chi connectivity index (χ0v) is 16.6. The Kier molecular flexibility index (Phi) is 7.08. The van der Waals surface area contributed by atoms with Gasteiger partial charge < -0.3 is 23.8 Å². The third-order valence-electron chi connectivity index (χ3n) is 4.67. The number of methoxy groups -OCH3 is 1. The lowest BCUT2D eigenvalue weighted by atomic mass is 10.1. The number of amides is 1. The van der Waals surface area contributed by atoms with Gasteiger partial charge in [0.2, 0.25) is 0 Å². The maximum Gasteiger partial charge on any atom is 0.338 e. The molecule has 2 aromatic carbocycles. The Labute approximate surface area is 170 Å². The highest BCUT2D eigenvalue weighted by molar-refractivity contribution is 5.90. The molecule has 1 atom stereocenters. The van der Waals surface area contributed by atoms with Crippen molar-refractivity contribution in [3.05, 3.63) is 59.7 Å². The summed E-state index contributed by atoms with van der Waals surface area (Å²) in [6.07, 6.45) is -0.378. The van der Waals surface area contributed by atoms with E-state index in [1.54, 1.807) is 23.1 Å². The molecule has 1 fully saturated rings. The minimum atomic E-state index is -0.462. The summed E-state index contributed by atoms with van der Waals surface area (Å²) >= 11 is 0. The number of nitrogens with zero attached hydrogens (tertiary/aromatic N) is 1. The van der Waals surface area contributed by atoms with E-state index in [2.05, 4.69) is 0 Å². The van der Waals surface area contributed by atoms with Crippen LogP contribution in [-0.4, -0.2) is 56.8 Å². The number of benzene rings is 2. The molecule has 154 valence electrons. The molecule has 3 rings (SSSR count). The van der Waals surface area contributed by atoms with E-state index < -0.39 is 5.97 Å². The minimum absolute atomic E-state index is 0.106. The first kappa shape index (κ1) is 20.7. The molecule has 0 aromatic heterocycles. The summed E-state index contributed by atoms with van der Waals surface area (Å²) in [5, 5.41) is 0. The summed E-state index contributed by atoms with van der Waals surface area (Å²) in [6.45, 7) is 3.90. The van der Waals surface area contributed by atoms with E-state index in [1.807, 2.05) is 37.3 Å². The van der Waals surface area contributed by atoms with Crippen LogP contribution in [0.4, 0.5) is 0 Å². The summed E-state index contributed by atoms with van der Waals surface area (Å²) in [6, 6.07) is 14.3. The van der Waals surface area contributed by atoms with Crippen LogP contribution in [0, 0.1) is 0 Å². The predicted molar refractivity (Wildman–Crippen MR) is 106 cm³/mol. The predicted octanol–water partition coefficient (Wildman–Crippen LogP) is 2.85. The second kappa shape index (κ2) is 9.93. The van der Waals surface area contributed by atoms with Gasteiger partial charge in [-0.05, 0) is 30.7 Å². The van der Waals surface area contributed by atoms with E-state index in [-0.39, 0.29) is 18.6 Å². The SMILES string of the molecule is COc1cc(C(=O)O[C@@H](C)c2ccccc2)ccc1OCC(=O)N1CCOCC1. The third kappa shape index (κ3) is 5.48. The highest BCUT2D eigenvalue weighted by Gasteiger charge is 2.19. The number of hydrogen-bond donors (Lipinski definition) is 0. The van der Waals surface area contributed by atoms with Gasteiger partial charge in [0.1, 0.15) is 6.10 Å². The van der Waals surface area contributed by atoms with Gasteiger partial charge in [0, 0.05) is 13.1 Å². The number of carbonyl (C=O) groups is 2. The van der Waals surface area contributed by atoms with E-state index in [0.717, 1.165) is 5.56 Å². The van der Waals surface area contributed by atoms with Crippen LogP contribution < -0.4 is 9.47 Å². The Morgan fingerprint density at radius 2 is 1.79 bits per heavy atom. The van der Waals surface area contributed by atoms with Crippen LogP contribution in [-0.2, 0) is 14.3 Å². The Hall–Kier alpha value is -3.06. The lowest BCUT2D eigenvalue weighted by molar-refractivity contribution is -0.137. The van der Waals surface area contributed by atoms with E-state index >= 15 is 0 Å². The Morgan fingerprint density at radius 1 is 1.07 bits per heavy atom. The third-order valence-corrected chi connectivity index (χ3v) is 4.67. The van der Waals surface area contributed by atoms with Gasteiger partial charge in [0.15, 0.2) is 18.1 Å². The largest absolute Gasteiger partial charge is 0.493 e. The van der Waals surface area contributed by atoms with E-state index in [1.165, 1.54) is 7.11 Å². The topological polar surface area (TPSA) is 74.3 Å². The van der Waals surface area contributed by atoms with Crippen molar-refractivity contribution < 1.29 is 28.5 Å². The monoisotopic (exact) mass is 399 g/mol. The first-order valence-corrected chi connectivity index (χ1v) is 9.50. The van der Waals surface area contributed by atoms with Crippen LogP contribution in [0.15, 0.2) is 48.5 Å². The van der Waals surface area contributed by atoms with E-state index in [9.17, 15) is 9.59 Å². The van der Waals surface area contributed by atoms with Crippen LogP contribution >= 0.6 is 0 Å². The number of rotatable bonds is 7. The van der Waals surface area contributed by atoms with Gasteiger partial charge in [-0.3, -0.25) is 4.79 Å². The van der Waals surface area contributed by atoms with Gasteiger partial charge in [-0.25, -0.2) is 4.79 Å².